The van der Waals surface area contributed by atoms with Crippen molar-refractivity contribution in [1.29, 1.82) is 0 Å². The van der Waals surface area contributed by atoms with Gasteiger partial charge in [-0.2, -0.15) is 0 Å². The summed E-state index contributed by atoms with van der Waals surface area (Å²) in [6.45, 7) is 0. The Labute approximate surface area is 156 Å². The Morgan fingerprint density at radius 3 is 2.63 bits per heavy atom. The van der Waals surface area contributed by atoms with Crippen molar-refractivity contribution in [2.24, 2.45) is 0 Å². The first kappa shape index (κ1) is 17.4. The summed E-state index contributed by atoms with van der Waals surface area (Å²) in [6, 6.07) is 11.1. The summed E-state index contributed by atoms with van der Waals surface area (Å²) in [6.07, 6.45) is 8.66. The number of benzene rings is 1. The van der Waals surface area contributed by atoms with Gasteiger partial charge in [0.2, 0.25) is 11.5 Å². The Bertz CT molecular complexity index is 995. The molecule has 2 heterocycles. The van der Waals surface area contributed by atoms with Gasteiger partial charge in [0.1, 0.15) is 5.69 Å². The van der Waals surface area contributed by atoms with E-state index in [4.69, 9.17) is 0 Å². The molecule has 6 heteroatoms. The molecule has 0 amide bonds. The molecule has 1 saturated carbocycles. The number of H-pyrrole nitrogens is 1. The summed E-state index contributed by atoms with van der Waals surface area (Å²) in [5, 5.41) is 3.34. The van der Waals surface area contributed by atoms with Crippen LogP contribution >= 0.6 is 0 Å². The second-order valence-electron chi connectivity index (χ2n) is 6.89. The van der Waals surface area contributed by atoms with Crippen molar-refractivity contribution in [3.63, 3.8) is 0 Å². The number of hydrogen-bond acceptors (Lipinski definition) is 4. The van der Waals surface area contributed by atoms with Crippen LogP contribution in [0.4, 0.5) is 10.3 Å². The first-order valence-electron chi connectivity index (χ1n) is 9.28. The lowest BCUT2D eigenvalue weighted by Crippen LogP contribution is -2.23. The van der Waals surface area contributed by atoms with Gasteiger partial charge in [-0.25, -0.2) is 14.4 Å². The maximum Gasteiger partial charge on any atom is 0.248 e. The van der Waals surface area contributed by atoms with E-state index in [0.29, 0.717) is 17.6 Å². The van der Waals surface area contributed by atoms with Crippen molar-refractivity contribution in [3.8, 4) is 22.4 Å². The van der Waals surface area contributed by atoms with Gasteiger partial charge in [0.25, 0.3) is 0 Å². The monoisotopic (exact) mass is 364 g/mol. The first-order valence-corrected chi connectivity index (χ1v) is 9.28. The van der Waals surface area contributed by atoms with Gasteiger partial charge in [-0.1, -0.05) is 37.5 Å². The standard InChI is InChI=1S/C21H21FN4O/c22-18-13-24-21(25-17-7-2-1-3-8-17)26-20(18)16-6-4-5-14(11-16)15-9-10-23-19(27)12-15/h4-6,9-13,17H,1-3,7-8H2,(H,23,27)(H,24,25,26). The number of aromatic nitrogens is 3. The summed E-state index contributed by atoms with van der Waals surface area (Å²) >= 11 is 0. The number of aromatic amines is 1. The quantitative estimate of drug-likeness (QED) is 0.721. The lowest BCUT2D eigenvalue weighted by molar-refractivity contribution is 0.460. The molecule has 2 aromatic heterocycles. The molecule has 3 aromatic rings. The highest BCUT2D eigenvalue weighted by Gasteiger charge is 2.16. The molecule has 0 bridgehead atoms. The average molecular weight is 364 g/mol. The highest BCUT2D eigenvalue weighted by molar-refractivity contribution is 5.71. The Hall–Kier alpha value is -3.02. The van der Waals surface area contributed by atoms with Crippen LogP contribution in [0.25, 0.3) is 22.4 Å². The summed E-state index contributed by atoms with van der Waals surface area (Å²) in [5.74, 6) is -0.00730. The van der Waals surface area contributed by atoms with Crippen LogP contribution in [0.3, 0.4) is 0 Å². The largest absolute Gasteiger partial charge is 0.351 e. The van der Waals surface area contributed by atoms with Gasteiger partial charge in [-0.15, -0.1) is 0 Å². The maximum atomic E-state index is 14.4. The summed E-state index contributed by atoms with van der Waals surface area (Å²) < 4.78 is 14.4. The number of pyridine rings is 1. The predicted octanol–water partition coefficient (Wildman–Crippen LogP) is 4.38. The Morgan fingerprint density at radius 2 is 1.81 bits per heavy atom. The molecule has 1 aliphatic rings. The third kappa shape index (κ3) is 4.05. The fraction of sp³-hybridized carbons (Fsp3) is 0.286. The van der Waals surface area contributed by atoms with Gasteiger partial charge in [-0.3, -0.25) is 4.79 Å². The number of anilines is 1. The maximum absolute atomic E-state index is 14.4. The van der Waals surface area contributed by atoms with Crippen molar-refractivity contribution in [2.45, 2.75) is 38.1 Å². The van der Waals surface area contributed by atoms with Gasteiger partial charge in [0.05, 0.1) is 6.20 Å². The van der Waals surface area contributed by atoms with Crippen LogP contribution in [0.2, 0.25) is 0 Å². The minimum Gasteiger partial charge on any atom is -0.351 e. The Morgan fingerprint density at radius 1 is 1.04 bits per heavy atom. The molecule has 0 aliphatic heterocycles. The highest BCUT2D eigenvalue weighted by atomic mass is 19.1. The van der Waals surface area contributed by atoms with Gasteiger partial charge in [-0.05, 0) is 36.1 Å². The van der Waals surface area contributed by atoms with E-state index < -0.39 is 5.82 Å². The zero-order valence-electron chi connectivity index (χ0n) is 14.9. The molecule has 1 aromatic carbocycles. The van der Waals surface area contributed by atoms with Crippen LogP contribution in [-0.4, -0.2) is 21.0 Å². The first-order chi connectivity index (χ1) is 13.2. The topological polar surface area (TPSA) is 70.7 Å². The zero-order chi connectivity index (χ0) is 18.6. The molecule has 1 fully saturated rings. The minimum absolute atomic E-state index is 0.176. The normalized spacial score (nSPS) is 14.9. The van der Waals surface area contributed by atoms with Gasteiger partial charge in [0.15, 0.2) is 5.82 Å². The molecule has 2 N–H and O–H groups in total. The third-order valence-corrected chi connectivity index (χ3v) is 4.93. The van der Waals surface area contributed by atoms with Crippen molar-refractivity contribution in [1.82, 2.24) is 15.0 Å². The van der Waals surface area contributed by atoms with E-state index in [1.54, 1.807) is 6.20 Å². The molecule has 27 heavy (non-hydrogen) atoms. The lowest BCUT2D eigenvalue weighted by Gasteiger charge is -2.22. The Kier molecular flexibility index (Phi) is 4.96. The predicted molar refractivity (Wildman–Crippen MR) is 104 cm³/mol. The van der Waals surface area contributed by atoms with Crippen LogP contribution in [0, 0.1) is 5.82 Å². The molecule has 5 nitrogen and oxygen atoms in total. The lowest BCUT2D eigenvalue weighted by atomic mass is 9.96. The minimum atomic E-state index is -0.466. The van der Waals surface area contributed by atoms with E-state index in [0.717, 1.165) is 24.0 Å². The molecule has 0 atom stereocenters. The molecule has 0 radical (unpaired) electrons. The number of halogens is 1. The van der Waals surface area contributed by atoms with Crippen molar-refractivity contribution in [3.05, 3.63) is 65.0 Å². The SMILES string of the molecule is O=c1cc(-c2cccc(-c3nc(NC4CCCCC4)ncc3F)c2)cc[nH]1. The van der Waals surface area contributed by atoms with Crippen LogP contribution in [0.1, 0.15) is 32.1 Å². The summed E-state index contributed by atoms with van der Waals surface area (Å²) in [7, 11) is 0. The molecule has 0 unspecified atom stereocenters. The van der Waals surface area contributed by atoms with Crippen molar-refractivity contribution < 1.29 is 4.39 Å². The second kappa shape index (κ2) is 7.70. The number of nitrogens with zero attached hydrogens (tertiary/aromatic N) is 2. The fourth-order valence-electron chi connectivity index (χ4n) is 3.54. The van der Waals surface area contributed by atoms with Crippen molar-refractivity contribution >= 4 is 5.95 Å². The number of hydrogen-bond donors (Lipinski definition) is 2. The molecule has 0 saturated heterocycles. The Balaban J connectivity index is 1.65. The van der Waals surface area contributed by atoms with E-state index in [9.17, 15) is 9.18 Å². The fourth-order valence-corrected chi connectivity index (χ4v) is 3.54. The average Bonchev–Trinajstić information content (AvgIpc) is 2.70. The molecule has 138 valence electrons. The van der Waals surface area contributed by atoms with Crippen molar-refractivity contribution in [2.75, 3.05) is 5.32 Å². The van der Waals surface area contributed by atoms with E-state index in [2.05, 4.69) is 20.3 Å². The van der Waals surface area contributed by atoms with E-state index >= 15 is 0 Å². The van der Waals surface area contributed by atoms with E-state index in [1.807, 2.05) is 30.3 Å². The summed E-state index contributed by atoms with van der Waals surface area (Å²) in [5.41, 5.74) is 2.34. The van der Waals surface area contributed by atoms with Crippen LogP contribution in [0.5, 0.6) is 0 Å². The number of nitrogens with one attached hydrogen (secondary N) is 2. The second-order valence-corrected chi connectivity index (χ2v) is 6.89. The summed E-state index contributed by atoms with van der Waals surface area (Å²) in [4.78, 5) is 22.7. The van der Waals surface area contributed by atoms with Gasteiger partial charge >= 0.3 is 0 Å². The zero-order valence-corrected chi connectivity index (χ0v) is 14.9. The van der Waals surface area contributed by atoms with E-state index in [1.165, 1.54) is 31.5 Å². The molecular weight excluding hydrogens is 343 g/mol. The highest BCUT2D eigenvalue weighted by Crippen LogP contribution is 2.27. The third-order valence-electron chi connectivity index (χ3n) is 4.93. The molecule has 4 rings (SSSR count). The van der Waals surface area contributed by atoms with Gasteiger partial charge in [0, 0.05) is 23.9 Å². The van der Waals surface area contributed by atoms with E-state index in [-0.39, 0.29) is 11.3 Å². The number of rotatable bonds is 4. The van der Waals surface area contributed by atoms with Crippen LogP contribution in [0.15, 0.2) is 53.6 Å². The molecule has 1 aliphatic carbocycles. The smallest absolute Gasteiger partial charge is 0.248 e. The molecular formula is C21H21FN4O. The van der Waals surface area contributed by atoms with Gasteiger partial charge < -0.3 is 10.3 Å². The van der Waals surface area contributed by atoms with Crippen LogP contribution in [-0.2, 0) is 0 Å². The van der Waals surface area contributed by atoms with Crippen LogP contribution < -0.4 is 10.9 Å². The molecule has 0 spiro atoms.